The van der Waals surface area contributed by atoms with Gasteiger partial charge in [0.05, 0.1) is 0 Å². The minimum atomic E-state index is 0.616. The molecule has 0 spiro atoms. The highest BCUT2D eigenvalue weighted by molar-refractivity contribution is 5.74. The maximum absolute atomic E-state index is 4.53. The van der Waals surface area contributed by atoms with Crippen molar-refractivity contribution < 1.29 is 0 Å². The second-order valence-corrected chi connectivity index (χ2v) is 4.84. The summed E-state index contributed by atoms with van der Waals surface area (Å²) in [6.07, 6.45) is 6.82. The summed E-state index contributed by atoms with van der Waals surface area (Å²) in [4.78, 5) is 19.1. The molecule has 0 atom stereocenters. The van der Waals surface area contributed by atoms with E-state index in [0.29, 0.717) is 5.95 Å². The highest BCUT2D eigenvalue weighted by Crippen LogP contribution is 2.25. The summed E-state index contributed by atoms with van der Waals surface area (Å²) in [6.45, 7) is 4.52. The van der Waals surface area contributed by atoms with Crippen molar-refractivity contribution in [3.63, 3.8) is 0 Å². The summed E-state index contributed by atoms with van der Waals surface area (Å²) in [5.41, 5.74) is 1.80. The van der Waals surface area contributed by atoms with Gasteiger partial charge in [0, 0.05) is 49.4 Å². The number of likely N-dealkylation sites (N-methyl/N-ethyl adjacent to an activating group) is 1. The van der Waals surface area contributed by atoms with Crippen LogP contribution in [0.2, 0.25) is 0 Å². The zero-order chi connectivity index (χ0) is 15.1. The molecular weight excluding hydrogens is 266 g/mol. The molecule has 21 heavy (non-hydrogen) atoms. The molecule has 0 unspecified atom stereocenters. The number of aromatic nitrogens is 4. The summed E-state index contributed by atoms with van der Waals surface area (Å²) in [6, 6.07) is 0. The van der Waals surface area contributed by atoms with Crippen molar-refractivity contribution in [3.8, 4) is 11.1 Å². The van der Waals surface area contributed by atoms with Crippen molar-refractivity contribution in [2.45, 2.75) is 6.92 Å². The molecule has 0 bridgehead atoms. The first-order chi connectivity index (χ1) is 10.2. The van der Waals surface area contributed by atoms with Crippen molar-refractivity contribution in [2.75, 3.05) is 44.4 Å². The maximum atomic E-state index is 4.53. The smallest absolute Gasteiger partial charge is 0.224 e. The predicted octanol–water partition coefficient (Wildman–Crippen LogP) is 1.34. The molecule has 0 amide bonds. The number of nitrogens with zero attached hydrogens (tertiary/aromatic N) is 5. The molecule has 0 saturated heterocycles. The molecule has 0 aromatic carbocycles. The number of anilines is 2. The molecule has 0 saturated carbocycles. The van der Waals surface area contributed by atoms with E-state index in [9.17, 15) is 0 Å². The van der Waals surface area contributed by atoms with E-state index in [2.05, 4.69) is 35.5 Å². The van der Waals surface area contributed by atoms with Crippen LogP contribution < -0.4 is 10.6 Å². The lowest BCUT2D eigenvalue weighted by atomic mass is 10.1. The number of rotatable bonds is 7. The molecule has 2 rings (SSSR count). The Morgan fingerprint density at radius 1 is 1.10 bits per heavy atom. The van der Waals surface area contributed by atoms with Crippen LogP contribution in [0.4, 0.5) is 11.8 Å². The van der Waals surface area contributed by atoms with E-state index < -0.39 is 0 Å². The molecule has 0 fully saturated rings. The Labute approximate surface area is 124 Å². The van der Waals surface area contributed by atoms with Gasteiger partial charge in [-0.2, -0.15) is 4.98 Å². The highest BCUT2D eigenvalue weighted by atomic mass is 15.2. The number of hydrogen-bond acceptors (Lipinski definition) is 7. The van der Waals surface area contributed by atoms with Gasteiger partial charge in [0.25, 0.3) is 0 Å². The lowest BCUT2D eigenvalue weighted by Gasteiger charge is -2.14. The van der Waals surface area contributed by atoms with E-state index in [1.165, 1.54) is 6.33 Å². The summed E-state index contributed by atoms with van der Waals surface area (Å²) in [5.74, 6) is 1.41. The minimum Gasteiger partial charge on any atom is -0.368 e. The molecule has 0 aliphatic rings. The van der Waals surface area contributed by atoms with Gasteiger partial charge in [0.2, 0.25) is 5.95 Å². The van der Waals surface area contributed by atoms with Gasteiger partial charge in [-0.05, 0) is 21.0 Å². The van der Waals surface area contributed by atoms with Crippen LogP contribution in [0.5, 0.6) is 0 Å². The van der Waals surface area contributed by atoms with Crippen LogP contribution in [0, 0.1) is 0 Å². The molecule has 2 N–H and O–H groups in total. The normalized spacial score (nSPS) is 10.7. The Balaban J connectivity index is 2.25. The van der Waals surface area contributed by atoms with Gasteiger partial charge < -0.3 is 15.5 Å². The van der Waals surface area contributed by atoms with Gasteiger partial charge in [-0.15, -0.1) is 0 Å². The van der Waals surface area contributed by atoms with Crippen LogP contribution in [-0.4, -0.2) is 58.6 Å². The van der Waals surface area contributed by atoms with Crippen molar-refractivity contribution in [2.24, 2.45) is 0 Å². The minimum absolute atomic E-state index is 0.616. The van der Waals surface area contributed by atoms with E-state index in [-0.39, 0.29) is 0 Å². The molecular formula is C14H21N7. The van der Waals surface area contributed by atoms with Crippen LogP contribution >= 0.6 is 0 Å². The third kappa shape index (κ3) is 4.35. The molecule has 0 radical (unpaired) electrons. The van der Waals surface area contributed by atoms with Crippen LogP contribution in [0.15, 0.2) is 24.9 Å². The molecule has 2 aromatic rings. The van der Waals surface area contributed by atoms with Gasteiger partial charge in [0.15, 0.2) is 0 Å². The molecule has 0 aliphatic heterocycles. The third-order valence-corrected chi connectivity index (χ3v) is 2.85. The first-order valence-corrected chi connectivity index (χ1v) is 6.95. The second-order valence-electron chi connectivity index (χ2n) is 4.84. The fourth-order valence-electron chi connectivity index (χ4n) is 1.81. The summed E-state index contributed by atoms with van der Waals surface area (Å²) >= 11 is 0. The Morgan fingerprint density at radius 2 is 1.86 bits per heavy atom. The lowest BCUT2D eigenvalue weighted by molar-refractivity contribution is 0.425. The standard InChI is InChI=1S/C14H21N7/c1-4-17-14-19-9-12(11-7-15-10-16-8-11)13(20-14)18-5-6-21(2)3/h7-10H,4-6H2,1-3H3,(H2,17,18,19,20). The molecule has 2 heterocycles. The average molecular weight is 287 g/mol. The quantitative estimate of drug-likeness (QED) is 0.795. The molecule has 7 heteroatoms. The van der Waals surface area contributed by atoms with Crippen LogP contribution in [0.25, 0.3) is 11.1 Å². The zero-order valence-corrected chi connectivity index (χ0v) is 12.7. The van der Waals surface area contributed by atoms with E-state index in [0.717, 1.165) is 36.6 Å². The monoisotopic (exact) mass is 287 g/mol. The fraction of sp³-hybridized carbons (Fsp3) is 0.429. The highest BCUT2D eigenvalue weighted by Gasteiger charge is 2.09. The Kier molecular flexibility index (Phi) is 5.39. The van der Waals surface area contributed by atoms with Gasteiger partial charge >= 0.3 is 0 Å². The van der Waals surface area contributed by atoms with Crippen molar-refractivity contribution in [3.05, 3.63) is 24.9 Å². The predicted molar refractivity (Wildman–Crippen MR) is 84.3 cm³/mol. The summed E-state index contributed by atoms with van der Waals surface area (Å²) in [7, 11) is 4.08. The fourth-order valence-corrected chi connectivity index (χ4v) is 1.81. The topological polar surface area (TPSA) is 78.9 Å². The zero-order valence-electron chi connectivity index (χ0n) is 12.7. The van der Waals surface area contributed by atoms with E-state index >= 15 is 0 Å². The SMILES string of the molecule is CCNc1ncc(-c2cncnc2)c(NCCN(C)C)n1. The Hall–Kier alpha value is -2.28. The van der Waals surface area contributed by atoms with E-state index in [1.54, 1.807) is 18.6 Å². The van der Waals surface area contributed by atoms with E-state index in [1.807, 2.05) is 21.0 Å². The second kappa shape index (κ2) is 7.49. The Bertz CT molecular complexity index is 557. The Morgan fingerprint density at radius 3 is 2.52 bits per heavy atom. The maximum Gasteiger partial charge on any atom is 0.224 e. The molecule has 0 aliphatic carbocycles. The third-order valence-electron chi connectivity index (χ3n) is 2.85. The van der Waals surface area contributed by atoms with Gasteiger partial charge in [0.1, 0.15) is 12.1 Å². The first kappa shape index (κ1) is 15.1. The molecule has 2 aromatic heterocycles. The van der Waals surface area contributed by atoms with Crippen molar-refractivity contribution in [1.29, 1.82) is 0 Å². The lowest BCUT2D eigenvalue weighted by Crippen LogP contribution is -2.21. The van der Waals surface area contributed by atoms with Gasteiger partial charge in [-0.1, -0.05) is 0 Å². The van der Waals surface area contributed by atoms with Crippen molar-refractivity contribution >= 4 is 11.8 Å². The van der Waals surface area contributed by atoms with Crippen LogP contribution in [0.1, 0.15) is 6.92 Å². The summed E-state index contributed by atoms with van der Waals surface area (Å²) < 4.78 is 0. The number of hydrogen-bond donors (Lipinski definition) is 2. The largest absolute Gasteiger partial charge is 0.368 e. The van der Waals surface area contributed by atoms with Crippen LogP contribution in [0.3, 0.4) is 0 Å². The van der Waals surface area contributed by atoms with Crippen LogP contribution in [-0.2, 0) is 0 Å². The average Bonchev–Trinajstić information content (AvgIpc) is 2.48. The molecule has 7 nitrogen and oxygen atoms in total. The number of nitrogens with one attached hydrogen (secondary N) is 2. The van der Waals surface area contributed by atoms with E-state index in [4.69, 9.17) is 0 Å². The molecule has 112 valence electrons. The first-order valence-electron chi connectivity index (χ1n) is 6.95. The summed E-state index contributed by atoms with van der Waals surface area (Å²) in [5, 5.41) is 6.48. The van der Waals surface area contributed by atoms with Gasteiger partial charge in [-0.25, -0.2) is 15.0 Å². The van der Waals surface area contributed by atoms with Gasteiger partial charge in [-0.3, -0.25) is 0 Å². The van der Waals surface area contributed by atoms with Crippen molar-refractivity contribution in [1.82, 2.24) is 24.8 Å².